The van der Waals surface area contributed by atoms with Gasteiger partial charge in [0.25, 0.3) is 0 Å². The molecule has 17 heavy (non-hydrogen) atoms. The molecule has 1 aliphatic heterocycles. The molecule has 2 aromatic rings. The molecule has 0 bridgehead atoms. The van der Waals surface area contributed by atoms with Crippen molar-refractivity contribution in [2.75, 3.05) is 0 Å². The first-order valence-electron chi connectivity index (χ1n) is 6.04. The monoisotopic (exact) mass is 240 g/mol. The van der Waals surface area contributed by atoms with Crippen LogP contribution in [-0.4, -0.2) is 0 Å². The molecule has 0 atom stereocenters. The van der Waals surface area contributed by atoms with E-state index in [1.54, 1.807) is 0 Å². The number of aryl methyl sites for hydroxylation is 2. The van der Waals surface area contributed by atoms with Gasteiger partial charge in [0.15, 0.2) is 0 Å². The number of rotatable bonds is 0. The van der Waals surface area contributed by atoms with Crippen molar-refractivity contribution in [2.45, 2.75) is 30.9 Å². The average molecular weight is 240 g/mol. The van der Waals surface area contributed by atoms with Crippen LogP contribution in [0.4, 0.5) is 0 Å². The lowest BCUT2D eigenvalue weighted by Crippen LogP contribution is -1.94. The molecule has 0 amide bonds. The minimum absolute atomic E-state index is 1.08. The van der Waals surface area contributed by atoms with Gasteiger partial charge in [0, 0.05) is 10.6 Å². The van der Waals surface area contributed by atoms with E-state index in [-0.39, 0.29) is 0 Å². The largest absolute Gasteiger partial charge is 0.121 e. The zero-order valence-corrected chi connectivity index (χ0v) is 11.1. The van der Waals surface area contributed by atoms with Gasteiger partial charge in [-0.3, -0.25) is 0 Å². The summed E-state index contributed by atoms with van der Waals surface area (Å²) >= 11 is 1.99. The highest BCUT2D eigenvalue weighted by Crippen LogP contribution is 2.36. The fourth-order valence-electron chi connectivity index (χ4n) is 2.54. The Labute approximate surface area is 107 Å². The smallest absolute Gasteiger partial charge is 0.0237 e. The van der Waals surface area contributed by atoms with E-state index >= 15 is 0 Å². The fourth-order valence-corrected chi connectivity index (χ4v) is 3.87. The molecular weight excluding hydrogens is 224 g/mol. The van der Waals surface area contributed by atoms with Crippen molar-refractivity contribution < 1.29 is 0 Å². The second-order valence-electron chi connectivity index (χ2n) is 4.74. The highest BCUT2D eigenvalue weighted by atomic mass is 32.2. The summed E-state index contributed by atoms with van der Waals surface area (Å²) in [6.45, 7) is 4.44. The fraction of sp³-hybridized carbons (Fsp3) is 0.250. The van der Waals surface area contributed by atoms with Crippen molar-refractivity contribution in [3.05, 3.63) is 64.2 Å². The van der Waals surface area contributed by atoms with Crippen molar-refractivity contribution in [1.82, 2.24) is 0 Å². The molecule has 0 radical (unpaired) electrons. The third-order valence-corrected chi connectivity index (χ3v) is 4.85. The second kappa shape index (κ2) is 4.23. The molecule has 3 rings (SSSR count). The Morgan fingerprint density at radius 2 is 1.59 bits per heavy atom. The lowest BCUT2D eigenvalue weighted by atomic mass is 9.97. The van der Waals surface area contributed by atoms with Crippen LogP contribution in [0.15, 0.2) is 41.3 Å². The summed E-state index contributed by atoms with van der Waals surface area (Å²) in [5.41, 5.74) is 7.37. The van der Waals surface area contributed by atoms with Crippen LogP contribution < -0.4 is 0 Å². The van der Waals surface area contributed by atoms with Crippen molar-refractivity contribution in [1.29, 1.82) is 0 Å². The first-order chi connectivity index (χ1) is 8.25. The summed E-state index contributed by atoms with van der Waals surface area (Å²) in [6, 6.07) is 13.3. The highest BCUT2D eigenvalue weighted by Gasteiger charge is 2.15. The molecule has 0 saturated carbocycles. The van der Waals surface area contributed by atoms with Gasteiger partial charge in [0.2, 0.25) is 0 Å². The van der Waals surface area contributed by atoms with Gasteiger partial charge in [-0.15, -0.1) is 11.8 Å². The quantitative estimate of drug-likeness (QED) is 0.653. The van der Waals surface area contributed by atoms with E-state index < -0.39 is 0 Å². The van der Waals surface area contributed by atoms with Gasteiger partial charge in [-0.1, -0.05) is 36.4 Å². The van der Waals surface area contributed by atoms with Crippen LogP contribution in [0.25, 0.3) is 0 Å². The van der Waals surface area contributed by atoms with E-state index in [1.807, 2.05) is 11.8 Å². The Kier molecular flexibility index (Phi) is 2.71. The van der Waals surface area contributed by atoms with Gasteiger partial charge < -0.3 is 0 Å². The Hall–Kier alpha value is -1.21. The first kappa shape index (κ1) is 10.9. The van der Waals surface area contributed by atoms with Gasteiger partial charge in [-0.2, -0.15) is 0 Å². The third-order valence-electron chi connectivity index (χ3n) is 3.54. The van der Waals surface area contributed by atoms with Gasteiger partial charge in [-0.25, -0.2) is 0 Å². The Morgan fingerprint density at radius 1 is 0.882 bits per heavy atom. The Balaban J connectivity index is 2.14. The summed E-state index contributed by atoms with van der Waals surface area (Å²) in [6.07, 6.45) is 1.08. The number of benzene rings is 2. The molecule has 0 unspecified atom stereocenters. The van der Waals surface area contributed by atoms with E-state index in [0.717, 1.165) is 12.2 Å². The number of thioether (sulfide) groups is 1. The van der Waals surface area contributed by atoms with E-state index in [9.17, 15) is 0 Å². The molecule has 0 fully saturated rings. The number of hydrogen-bond acceptors (Lipinski definition) is 1. The summed E-state index contributed by atoms with van der Waals surface area (Å²) in [7, 11) is 0. The highest BCUT2D eigenvalue weighted by molar-refractivity contribution is 7.98. The maximum Gasteiger partial charge on any atom is 0.0237 e. The minimum atomic E-state index is 1.08. The van der Waals surface area contributed by atoms with E-state index in [0.29, 0.717) is 0 Å². The predicted octanol–water partition coefficient (Wildman–Crippen LogP) is 4.50. The lowest BCUT2D eigenvalue weighted by Gasteiger charge is -2.08. The summed E-state index contributed by atoms with van der Waals surface area (Å²) in [5.74, 6) is 1.11. The Bertz CT molecular complexity index is 518. The minimum Gasteiger partial charge on any atom is -0.121 e. The second-order valence-corrected chi connectivity index (χ2v) is 5.73. The van der Waals surface area contributed by atoms with E-state index in [4.69, 9.17) is 0 Å². The zero-order chi connectivity index (χ0) is 11.8. The number of hydrogen-bond donors (Lipinski definition) is 0. The SMILES string of the molecule is Cc1cccc2c1CSc1c(C)cccc1C2. The molecule has 0 spiro atoms. The molecule has 2 aromatic carbocycles. The lowest BCUT2D eigenvalue weighted by molar-refractivity contribution is 1.09. The predicted molar refractivity (Wildman–Crippen MR) is 74.7 cm³/mol. The topological polar surface area (TPSA) is 0 Å². The standard InChI is InChI=1S/C16H16S/c1-11-5-3-7-13-9-14-8-4-6-12(2)16(14)17-10-15(11)13/h3-8H,9-10H2,1-2H3. The van der Waals surface area contributed by atoms with Crippen LogP contribution in [0.5, 0.6) is 0 Å². The van der Waals surface area contributed by atoms with Gasteiger partial charge in [0.05, 0.1) is 0 Å². The summed E-state index contributed by atoms with van der Waals surface area (Å²) in [4.78, 5) is 1.49. The van der Waals surface area contributed by atoms with Crippen LogP contribution in [-0.2, 0) is 12.2 Å². The third kappa shape index (κ3) is 1.89. The normalized spacial score (nSPS) is 13.8. The molecule has 0 nitrogen and oxygen atoms in total. The molecule has 0 N–H and O–H groups in total. The van der Waals surface area contributed by atoms with Crippen LogP contribution in [0.1, 0.15) is 27.8 Å². The van der Waals surface area contributed by atoms with Gasteiger partial charge in [-0.05, 0) is 48.1 Å². The molecule has 1 heteroatoms. The van der Waals surface area contributed by atoms with Crippen molar-refractivity contribution >= 4 is 11.8 Å². The van der Waals surface area contributed by atoms with Gasteiger partial charge in [0.1, 0.15) is 0 Å². The molecular formula is C16H16S. The maximum absolute atomic E-state index is 2.28. The summed E-state index contributed by atoms with van der Waals surface area (Å²) < 4.78 is 0. The molecule has 0 aromatic heterocycles. The van der Waals surface area contributed by atoms with Crippen LogP contribution in [0.3, 0.4) is 0 Å². The Morgan fingerprint density at radius 3 is 2.41 bits per heavy atom. The molecule has 1 heterocycles. The van der Waals surface area contributed by atoms with Crippen molar-refractivity contribution in [3.63, 3.8) is 0 Å². The van der Waals surface area contributed by atoms with Crippen LogP contribution in [0, 0.1) is 13.8 Å². The number of fused-ring (bicyclic) bond motifs is 2. The zero-order valence-electron chi connectivity index (χ0n) is 10.3. The molecule has 0 aliphatic carbocycles. The van der Waals surface area contributed by atoms with Crippen LogP contribution in [0.2, 0.25) is 0 Å². The van der Waals surface area contributed by atoms with Crippen LogP contribution >= 0.6 is 11.8 Å². The van der Waals surface area contributed by atoms with Crippen molar-refractivity contribution in [3.8, 4) is 0 Å². The van der Waals surface area contributed by atoms with Gasteiger partial charge >= 0.3 is 0 Å². The maximum atomic E-state index is 2.28. The van der Waals surface area contributed by atoms with E-state index in [2.05, 4.69) is 50.2 Å². The van der Waals surface area contributed by atoms with E-state index in [1.165, 1.54) is 32.7 Å². The molecule has 1 aliphatic rings. The molecule has 86 valence electrons. The first-order valence-corrected chi connectivity index (χ1v) is 7.03. The molecule has 0 saturated heterocycles. The summed E-state index contributed by atoms with van der Waals surface area (Å²) in [5, 5.41) is 0. The van der Waals surface area contributed by atoms with Crippen molar-refractivity contribution in [2.24, 2.45) is 0 Å². The average Bonchev–Trinajstić information content (AvgIpc) is 2.50.